The lowest BCUT2D eigenvalue weighted by Crippen LogP contribution is -2.30. The van der Waals surface area contributed by atoms with Crippen LogP contribution in [0.15, 0.2) is 45.8 Å². The van der Waals surface area contributed by atoms with Gasteiger partial charge in [0.25, 0.3) is 10.0 Å². The maximum Gasteiger partial charge on any atom is 0.341 e. The number of ether oxygens (including phenoxy) is 3. The molecule has 1 aliphatic heterocycles. The number of carboxylic acids is 1. The van der Waals surface area contributed by atoms with Crippen molar-refractivity contribution in [1.82, 2.24) is 13.9 Å². The summed E-state index contributed by atoms with van der Waals surface area (Å²) in [6.45, 7) is 4.76. The fraction of sp³-hybridized carbons (Fsp3) is 0.346. The largest absolute Gasteiger partial charge is 0.497 e. The van der Waals surface area contributed by atoms with Gasteiger partial charge >= 0.3 is 5.97 Å². The zero-order chi connectivity index (χ0) is 28.2. The van der Waals surface area contributed by atoms with Crippen LogP contribution in [0.25, 0.3) is 11.0 Å². The topological polar surface area (TPSA) is 147 Å². The number of rotatable bonds is 8. The van der Waals surface area contributed by atoms with Gasteiger partial charge in [-0.25, -0.2) is 22.2 Å². The van der Waals surface area contributed by atoms with E-state index in [-0.39, 0.29) is 22.2 Å². The van der Waals surface area contributed by atoms with E-state index in [1.54, 1.807) is 32.4 Å². The zero-order valence-corrected chi connectivity index (χ0v) is 23.6. The van der Waals surface area contributed by atoms with E-state index in [4.69, 9.17) is 19.3 Å². The van der Waals surface area contributed by atoms with Gasteiger partial charge in [-0.1, -0.05) is 0 Å². The van der Waals surface area contributed by atoms with Crippen molar-refractivity contribution in [3.63, 3.8) is 0 Å². The maximum absolute atomic E-state index is 14.1. The van der Waals surface area contributed by atoms with E-state index in [9.17, 15) is 17.4 Å². The molecule has 0 spiro atoms. The van der Waals surface area contributed by atoms with Crippen LogP contribution in [0.2, 0.25) is 0 Å². The molecule has 2 aliphatic rings. The Kier molecular flexibility index (Phi) is 6.75. The molecule has 1 N–H and O–H groups in total. The van der Waals surface area contributed by atoms with Gasteiger partial charge in [-0.05, 0) is 44.1 Å². The van der Waals surface area contributed by atoms with E-state index in [1.807, 2.05) is 13.8 Å². The second kappa shape index (κ2) is 9.79. The summed E-state index contributed by atoms with van der Waals surface area (Å²) in [5.74, 6) is -0.408. The molecule has 0 amide bonds. The number of benzene rings is 1. The normalized spacial score (nSPS) is 18.4. The molecule has 206 valence electrons. The molecule has 3 aromatic rings. The van der Waals surface area contributed by atoms with E-state index in [1.165, 1.54) is 13.2 Å². The number of methoxy groups -OCH3 is 2. The third kappa shape index (κ3) is 4.39. The lowest BCUT2D eigenvalue weighted by Gasteiger charge is -2.32. The Morgan fingerprint density at radius 1 is 1.21 bits per heavy atom. The van der Waals surface area contributed by atoms with Crippen LogP contribution in [0, 0.1) is 13.8 Å². The molecule has 2 aromatic heterocycles. The monoisotopic (exact) mass is 573 g/mol. The van der Waals surface area contributed by atoms with Crippen molar-refractivity contribution in [2.45, 2.75) is 44.0 Å². The van der Waals surface area contributed by atoms with Crippen LogP contribution < -0.4 is 9.47 Å². The highest BCUT2D eigenvalue weighted by molar-refractivity contribution is 7.94. The number of carbonyl (C=O) groups is 1. The molecule has 2 atom stereocenters. The van der Waals surface area contributed by atoms with Crippen LogP contribution in [0.1, 0.15) is 41.6 Å². The fourth-order valence-electron chi connectivity index (χ4n) is 5.25. The summed E-state index contributed by atoms with van der Waals surface area (Å²) in [5, 5.41) is 8.92. The number of aromatic nitrogens is 3. The van der Waals surface area contributed by atoms with Gasteiger partial charge in [-0.2, -0.15) is 0 Å². The van der Waals surface area contributed by atoms with E-state index in [0.29, 0.717) is 45.1 Å². The smallest absolute Gasteiger partial charge is 0.341 e. The second-order valence-electron chi connectivity index (χ2n) is 9.38. The molecule has 0 saturated carbocycles. The fourth-order valence-corrected chi connectivity index (χ4v) is 8.85. The van der Waals surface area contributed by atoms with Crippen molar-refractivity contribution in [3.05, 3.63) is 63.0 Å². The number of carboxylic acid groups (broad SMARTS) is 1. The number of allylic oxidation sites excluding steroid dienone is 4. The summed E-state index contributed by atoms with van der Waals surface area (Å²) in [4.78, 5) is 20.1. The van der Waals surface area contributed by atoms with Crippen LogP contribution in [0.4, 0.5) is 0 Å². The quantitative estimate of drug-likeness (QED) is 0.426. The van der Waals surface area contributed by atoms with Crippen molar-refractivity contribution in [1.29, 1.82) is 0 Å². The van der Waals surface area contributed by atoms with Crippen LogP contribution in [-0.2, 0) is 36.1 Å². The average molecular weight is 574 g/mol. The SMILES string of the molecule is COc1cc2c3c(c1)nc(S(=O)Cc1ncc(C)c(OC)c1C)n3S(=O)(=O)C1=C(C)C=C(OCC(=O)O)CC12. The van der Waals surface area contributed by atoms with E-state index in [2.05, 4.69) is 9.97 Å². The van der Waals surface area contributed by atoms with Crippen LogP contribution in [-0.4, -0.2) is 58.5 Å². The first kappa shape index (κ1) is 26.9. The van der Waals surface area contributed by atoms with Gasteiger partial charge in [0, 0.05) is 35.7 Å². The Morgan fingerprint density at radius 2 is 1.95 bits per heavy atom. The molecule has 39 heavy (non-hydrogen) atoms. The van der Waals surface area contributed by atoms with Crippen molar-refractivity contribution >= 4 is 37.8 Å². The Labute approximate surface area is 227 Å². The number of hydrogen-bond acceptors (Lipinski definition) is 9. The van der Waals surface area contributed by atoms with Crippen molar-refractivity contribution < 1.29 is 36.7 Å². The minimum absolute atomic E-state index is 0.0671. The predicted molar refractivity (Wildman–Crippen MR) is 143 cm³/mol. The Hall–Kier alpha value is -3.71. The van der Waals surface area contributed by atoms with Gasteiger partial charge in [0.15, 0.2) is 6.61 Å². The molecule has 1 aromatic carbocycles. The predicted octanol–water partition coefficient (Wildman–Crippen LogP) is 3.31. The summed E-state index contributed by atoms with van der Waals surface area (Å²) in [6.07, 6.45) is 3.30. The standard InChI is InChI=1S/C26H27N3O8S2/c1-13-6-17(37-11-22(30)31)8-19-18-7-16(35-4)9-20-23(18)29(39(33,34)25(13)19)26(28-20)38(32)12-21-15(3)24(36-5)14(2)10-27-21/h6-7,9-10,19H,8,11-12H2,1-5H3,(H,30,31). The van der Waals surface area contributed by atoms with Gasteiger partial charge in [0.2, 0.25) is 5.16 Å². The molecule has 0 fully saturated rings. The minimum atomic E-state index is -4.19. The first-order chi connectivity index (χ1) is 18.5. The minimum Gasteiger partial charge on any atom is -0.497 e. The third-order valence-electron chi connectivity index (χ3n) is 6.91. The second-order valence-corrected chi connectivity index (χ2v) is 12.5. The lowest BCUT2D eigenvalue weighted by molar-refractivity contribution is -0.140. The number of hydrogen-bond donors (Lipinski definition) is 1. The summed E-state index contributed by atoms with van der Waals surface area (Å²) >= 11 is 0. The van der Waals surface area contributed by atoms with Crippen LogP contribution >= 0.6 is 0 Å². The molecular formula is C26H27N3O8S2. The maximum atomic E-state index is 14.1. The number of fused-ring (bicyclic) bond motifs is 2. The molecule has 2 unspecified atom stereocenters. The van der Waals surface area contributed by atoms with E-state index >= 15 is 0 Å². The molecule has 11 nitrogen and oxygen atoms in total. The first-order valence-corrected chi connectivity index (χ1v) is 14.7. The number of aliphatic carboxylic acids is 1. The summed E-state index contributed by atoms with van der Waals surface area (Å²) < 4.78 is 59.4. The number of aryl methyl sites for hydroxylation is 1. The van der Waals surface area contributed by atoms with Crippen molar-refractivity contribution in [2.24, 2.45) is 0 Å². The molecule has 0 bridgehead atoms. The molecule has 3 heterocycles. The van der Waals surface area contributed by atoms with E-state index < -0.39 is 39.3 Å². The summed E-state index contributed by atoms with van der Waals surface area (Å²) in [7, 11) is -3.04. The Morgan fingerprint density at radius 3 is 2.62 bits per heavy atom. The highest BCUT2D eigenvalue weighted by Crippen LogP contribution is 2.49. The number of nitrogens with zero attached hydrogens (tertiary/aromatic N) is 3. The van der Waals surface area contributed by atoms with Crippen LogP contribution in [0.5, 0.6) is 11.5 Å². The lowest BCUT2D eigenvalue weighted by atomic mass is 9.87. The Balaban J connectivity index is 1.68. The first-order valence-electron chi connectivity index (χ1n) is 12.0. The molecule has 5 rings (SSSR count). The molecule has 0 radical (unpaired) electrons. The highest BCUT2D eigenvalue weighted by Gasteiger charge is 2.43. The van der Waals surface area contributed by atoms with E-state index in [0.717, 1.165) is 15.1 Å². The van der Waals surface area contributed by atoms with Crippen LogP contribution in [0.3, 0.4) is 0 Å². The van der Waals surface area contributed by atoms with Gasteiger partial charge in [-0.3, -0.25) is 9.19 Å². The zero-order valence-electron chi connectivity index (χ0n) is 22.0. The Bertz CT molecular complexity index is 1740. The average Bonchev–Trinajstić information content (AvgIpc) is 3.28. The third-order valence-corrected chi connectivity index (χ3v) is 10.2. The van der Waals surface area contributed by atoms with Crippen molar-refractivity contribution in [3.8, 4) is 11.5 Å². The van der Waals surface area contributed by atoms with Gasteiger partial charge in [-0.15, -0.1) is 0 Å². The highest BCUT2D eigenvalue weighted by atomic mass is 32.2. The molecule has 1 aliphatic carbocycles. The number of imidazole rings is 1. The van der Waals surface area contributed by atoms with Gasteiger partial charge < -0.3 is 19.3 Å². The molecular weight excluding hydrogens is 546 g/mol. The molecule has 13 heteroatoms. The van der Waals surface area contributed by atoms with Gasteiger partial charge in [0.05, 0.1) is 58.2 Å². The van der Waals surface area contributed by atoms with Crippen molar-refractivity contribution in [2.75, 3.05) is 20.8 Å². The number of pyridine rings is 1. The summed E-state index contributed by atoms with van der Waals surface area (Å²) in [6, 6.07) is 3.34. The summed E-state index contributed by atoms with van der Waals surface area (Å²) in [5.41, 5.74) is 3.70. The van der Waals surface area contributed by atoms with Gasteiger partial charge in [0.1, 0.15) is 11.5 Å². The molecule has 0 saturated heterocycles.